The van der Waals surface area contributed by atoms with E-state index in [0.717, 1.165) is 12.8 Å². The highest BCUT2D eigenvalue weighted by atomic mass is 16.4. The summed E-state index contributed by atoms with van der Waals surface area (Å²) in [7, 11) is 0. The van der Waals surface area contributed by atoms with E-state index in [1.54, 1.807) is 6.08 Å². The normalized spacial score (nSPS) is 12.7. The largest absolute Gasteiger partial charge is 0.481 e. The predicted octanol–water partition coefficient (Wildman–Crippen LogP) is 4.36. The van der Waals surface area contributed by atoms with Crippen molar-refractivity contribution in [1.82, 2.24) is 0 Å². The molecule has 0 amide bonds. The Labute approximate surface area is 117 Å². The van der Waals surface area contributed by atoms with Gasteiger partial charge in [-0.05, 0) is 12.8 Å². The van der Waals surface area contributed by atoms with Gasteiger partial charge in [0.2, 0.25) is 0 Å². The maximum Gasteiger partial charge on any atom is 0.304 e. The van der Waals surface area contributed by atoms with Crippen molar-refractivity contribution in [2.24, 2.45) is 5.92 Å². The number of aliphatic carboxylic acids is 1. The third-order valence-electron chi connectivity index (χ3n) is 3.19. The van der Waals surface area contributed by atoms with E-state index in [1.807, 2.05) is 6.08 Å². The molecule has 0 fully saturated rings. The summed E-state index contributed by atoms with van der Waals surface area (Å²) in [5, 5.41) is 8.58. The van der Waals surface area contributed by atoms with Gasteiger partial charge in [-0.15, -0.1) is 0 Å². The lowest BCUT2D eigenvalue weighted by Crippen LogP contribution is -2.06. The fourth-order valence-electron chi connectivity index (χ4n) is 2.03. The number of carbonyl (C=O) groups is 2. The number of hydrogen-bond donors (Lipinski definition) is 1. The van der Waals surface area contributed by atoms with E-state index >= 15 is 0 Å². The molecular formula is C16H28O3. The van der Waals surface area contributed by atoms with Crippen LogP contribution in [-0.2, 0) is 9.59 Å². The molecule has 0 aromatic carbocycles. The van der Waals surface area contributed by atoms with Gasteiger partial charge in [0.15, 0.2) is 0 Å². The van der Waals surface area contributed by atoms with Crippen LogP contribution in [0.25, 0.3) is 0 Å². The molecule has 0 saturated carbocycles. The van der Waals surface area contributed by atoms with Gasteiger partial charge in [0.25, 0.3) is 0 Å². The first-order valence-electron chi connectivity index (χ1n) is 7.54. The lowest BCUT2D eigenvalue weighted by Gasteiger charge is -2.01. The van der Waals surface area contributed by atoms with Gasteiger partial charge >= 0.3 is 5.97 Å². The van der Waals surface area contributed by atoms with Crippen molar-refractivity contribution in [3.05, 3.63) is 12.2 Å². The average molecular weight is 268 g/mol. The number of carbonyl (C=O) groups excluding carboxylic acids is 1. The van der Waals surface area contributed by atoms with Gasteiger partial charge in [-0.3, -0.25) is 4.79 Å². The highest BCUT2D eigenvalue weighted by Gasteiger charge is 2.07. The summed E-state index contributed by atoms with van der Waals surface area (Å²) in [6, 6.07) is 0. The zero-order valence-corrected chi connectivity index (χ0v) is 12.1. The Balaban J connectivity index is 3.41. The maximum atomic E-state index is 10.6. The predicted molar refractivity (Wildman–Crippen MR) is 78.2 cm³/mol. The Morgan fingerprint density at radius 3 is 2.16 bits per heavy atom. The van der Waals surface area contributed by atoms with Crippen molar-refractivity contribution in [2.75, 3.05) is 0 Å². The van der Waals surface area contributed by atoms with Gasteiger partial charge in [-0.2, -0.15) is 0 Å². The van der Waals surface area contributed by atoms with Crippen molar-refractivity contribution in [3.8, 4) is 0 Å². The van der Waals surface area contributed by atoms with Crippen LogP contribution in [0.2, 0.25) is 0 Å². The molecule has 3 nitrogen and oxygen atoms in total. The van der Waals surface area contributed by atoms with Gasteiger partial charge in [0.05, 0.1) is 6.42 Å². The summed E-state index contributed by atoms with van der Waals surface area (Å²) < 4.78 is 0. The summed E-state index contributed by atoms with van der Waals surface area (Å²) in [5.74, 6) is -1.39. The molecule has 110 valence electrons. The summed E-state index contributed by atoms with van der Waals surface area (Å²) in [5.41, 5.74) is 0. The topological polar surface area (TPSA) is 54.4 Å². The molecule has 0 aromatic rings. The fourth-order valence-corrected chi connectivity index (χ4v) is 2.03. The molecule has 0 radical (unpaired) electrons. The molecule has 0 aliphatic rings. The van der Waals surface area contributed by atoms with Gasteiger partial charge in [-0.1, -0.05) is 64.0 Å². The Kier molecular flexibility index (Phi) is 12.5. The number of hydrogen-bond acceptors (Lipinski definition) is 2. The van der Waals surface area contributed by atoms with Crippen molar-refractivity contribution in [2.45, 2.75) is 71.1 Å². The Morgan fingerprint density at radius 2 is 1.63 bits per heavy atom. The molecular weight excluding hydrogens is 240 g/mol. The number of aldehydes is 1. The SMILES string of the molecule is CCCCCCCCCCC=CC(C=O)CC(=O)O. The highest BCUT2D eigenvalue weighted by Crippen LogP contribution is 2.10. The zero-order valence-electron chi connectivity index (χ0n) is 12.1. The van der Waals surface area contributed by atoms with Crippen LogP contribution < -0.4 is 0 Å². The number of rotatable bonds is 13. The lowest BCUT2D eigenvalue weighted by atomic mass is 10.0. The molecule has 0 aliphatic carbocycles. The minimum atomic E-state index is -0.922. The van der Waals surface area contributed by atoms with Crippen LogP contribution >= 0.6 is 0 Å². The van der Waals surface area contributed by atoms with E-state index < -0.39 is 11.9 Å². The summed E-state index contributed by atoms with van der Waals surface area (Å²) in [6.45, 7) is 2.23. The molecule has 0 heterocycles. The zero-order chi connectivity index (χ0) is 14.3. The van der Waals surface area contributed by atoms with E-state index in [0.29, 0.717) is 6.29 Å². The minimum Gasteiger partial charge on any atom is -0.481 e. The van der Waals surface area contributed by atoms with Gasteiger partial charge in [-0.25, -0.2) is 0 Å². The Bertz CT molecular complexity index is 259. The second kappa shape index (κ2) is 13.3. The average Bonchev–Trinajstić information content (AvgIpc) is 2.39. The molecule has 1 unspecified atom stereocenters. The first-order valence-corrected chi connectivity index (χ1v) is 7.54. The molecule has 0 spiro atoms. The summed E-state index contributed by atoms with van der Waals surface area (Å²) >= 11 is 0. The lowest BCUT2D eigenvalue weighted by molar-refractivity contribution is -0.138. The minimum absolute atomic E-state index is 0.0998. The van der Waals surface area contributed by atoms with Gasteiger partial charge in [0, 0.05) is 5.92 Å². The van der Waals surface area contributed by atoms with E-state index in [1.165, 1.54) is 44.9 Å². The quantitative estimate of drug-likeness (QED) is 0.307. The molecule has 1 atom stereocenters. The number of unbranched alkanes of at least 4 members (excludes halogenated alkanes) is 8. The number of allylic oxidation sites excluding steroid dienone is 2. The maximum absolute atomic E-state index is 10.6. The number of carboxylic acid groups (broad SMARTS) is 1. The fraction of sp³-hybridized carbons (Fsp3) is 0.750. The van der Waals surface area contributed by atoms with E-state index in [4.69, 9.17) is 5.11 Å². The molecule has 0 rings (SSSR count). The Morgan fingerprint density at radius 1 is 1.05 bits per heavy atom. The van der Waals surface area contributed by atoms with E-state index in [9.17, 15) is 9.59 Å². The van der Waals surface area contributed by atoms with Gasteiger partial charge in [0.1, 0.15) is 6.29 Å². The van der Waals surface area contributed by atoms with Crippen LogP contribution in [0.5, 0.6) is 0 Å². The van der Waals surface area contributed by atoms with E-state index in [2.05, 4.69) is 6.92 Å². The second-order valence-electron chi connectivity index (χ2n) is 5.09. The van der Waals surface area contributed by atoms with Crippen LogP contribution in [0.4, 0.5) is 0 Å². The highest BCUT2D eigenvalue weighted by molar-refractivity contribution is 5.72. The molecule has 3 heteroatoms. The molecule has 0 saturated heterocycles. The summed E-state index contributed by atoms with van der Waals surface area (Å²) in [4.78, 5) is 21.1. The first kappa shape index (κ1) is 17.9. The van der Waals surface area contributed by atoms with E-state index in [-0.39, 0.29) is 6.42 Å². The van der Waals surface area contributed by atoms with Crippen molar-refractivity contribution < 1.29 is 14.7 Å². The van der Waals surface area contributed by atoms with Crippen LogP contribution in [0.1, 0.15) is 71.1 Å². The van der Waals surface area contributed by atoms with Crippen LogP contribution in [-0.4, -0.2) is 17.4 Å². The van der Waals surface area contributed by atoms with Crippen LogP contribution in [0.15, 0.2) is 12.2 Å². The Hall–Kier alpha value is -1.12. The van der Waals surface area contributed by atoms with Crippen molar-refractivity contribution >= 4 is 12.3 Å². The van der Waals surface area contributed by atoms with Crippen LogP contribution in [0.3, 0.4) is 0 Å². The standard InChI is InChI=1S/C16H28O3/c1-2-3-4-5-6-7-8-9-10-11-12-15(14-17)13-16(18)19/h11-12,14-15H,2-10,13H2,1H3,(H,18,19). The first-order chi connectivity index (χ1) is 9.20. The van der Waals surface area contributed by atoms with Crippen molar-refractivity contribution in [1.29, 1.82) is 0 Å². The molecule has 0 bridgehead atoms. The third-order valence-corrected chi connectivity index (χ3v) is 3.19. The monoisotopic (exact) mass is 268 g/mol. The molecule has 0 aromatic heterocycles. The molecule has 19 heavy (non-hydrogen) atoms. The molecule has 1 N–H and O–H groups in total. The smallest absolute Gasteiger partial charge is 0.304 e. The summed E-state index contributed by atoms with van der Waals surface area (Å²) in [6.07, 6.45) is 15.5. The van der Waals surface area contributed by atoms with Crippen LogP contribution in [0, 0.1) is 5.92 Å². The second-order valence-corrected chi connectivity index (χ2v) is 5.09. The van der Waals surface area contributed by atoms with Gasteiger partial charge < -0.3 is 9.90 Å². The number of carboxylic acids is 1. The molecule has 0 aliphatic heterocycles. The van der Waals surface area contributed by atoms with Crippen molar-refractivity contribution in [3.63, 3.8) is 0 Å². The third kappa shape index (κ3) is 13.1.